The van der Waals surface area contributed by atoms with Crippen LogP contribution in [0.25, 0.3) is 0 Å². The van der Waals surface area contributed by atoms with Gasteiger partial charge in [0.25, 0.3) is 11.8 Å². The molecule has 2 rings (SSSR count). The maximum atomic E-state index is 12.4. The van der Waals surface area contributed by atoms with Crippen molar-refractivity contribution in [3.05, 3.63) is 77.0 Å². The molecule has 0 saturated carbocycles. The Kier molecular flexibility index (Phi) is 5.68. The van der Waals surface area contributed by atoms with Gasteiger partial charge in [-0.1, -0.05) is 30.3 Å². The summed E-state index contributed by atoms with van der Waals surface area (Å²) in [6.45, 7) is 3.42. The van der Waals surface area contributed by atoms with Crippen molar-refractivity contribution in [2.45, 2.75) is 13.8 Å². The van der Waals surface area contributed by atoms with Crippen LogP contribution in [0.5, 0.6) is 0 Å². The van der Waals surface area contributed by atoms with Gasteiger partial charge in [0.1, 0.15) is 5.70 Å². The Morgan fingerprint density at radius 1 is 0.840 bits per heavy atom. The minimum atomic E-state index is -1.29. The monoisotopic (exact) mass is 337 g/mol. The third-order valence-corrected chi connectivity index (χ3v) is 3.38. The summed E-state index contributed by atoms with van der Waals surface area (Å²) >= 11 is 0. The Balaban J connectivity index is 2.12. The maximum absolute atomic E-state index is 12.4. The molecule has 0 aromatic heterocycles. The molecule has 128 valence electrons. The van der Waals surface area contributed by atoms with Crippen molar-refractivity contribution in [1.29, 1.82) is 0 Å². The van der Waals surface area contributed by atoms with Crippen molar-refractivity contribution < 1.29 is 19.5 Å². The molecule has 0 heterocycles. The fourth-order valence-electron chi connectivity index (χ4n) is 2.07. The van der Waals surface area contributed by atoms with Crippen LogP contribution in [-0.2, 0) is 4.79 Å². The summed E-state index contributed by atoms with van der Waals surface area (Å²) in [5, 5.41) is 16.0. The largest absolute Gasteiger partial charge is 0.545 e. The highest BCUT2D eigenvalue weighted by atomic mass is 16.4. The summed E-state index contributed by atoms with van der Waals surface area (Å²) in [5.74, 6) is -2.18. The van der Waals surface area contributed by atoms with Crippen LogP contribution >= 0.6 is 0 Å². The van der Waals surface area contributed by atoms with Gasteiger partial charge in [-0.3, -0.25) is 9.59 Å². The second-order valence-electron chi connectivity index (χ2n) is 5.51. The van der Waals surface area contributed by atoms with Gasteiger partial charge in [-0.15, -0.1) is 0 Å². The van der Waals surface area contributed by atoms with E-state index in [1.54, 1.807) is 44.2 Å². The van der Waals surface area contributed by atoms with Crippen molar-refractivity contribution >= 4 is 23.5 Å². The lowest BCUT2D eigenvalue weighted by molar-refractivity contribution is -0.255. The SMILES string of the molecule is CC(C)=C(NC(=O)c1ccccc1)C(=O)Nc1ccc(C(=O)[O-])cc1. The first kappa shape index (κ1) is 17.9. The number of allylic oxidation sites excluding steroid dienone is 1. The number of nitrogens with one attached hydrogen (secondary N) is 2. The summed E-state index contributed by atoms with van der Waals surface area (Å²) in [6, 6.07) is 14.1. The van der Waals surface area contributed by atoms with Crippen LogP contribution in [0.3, 0.4) is 0 Å². The number of rotatable bonds is 5. The number of hydrogen-bond acceptors (Lipinski definition) is 4. The van der Waals surface area contributed by atoms with Gasteiger partial charge in [-0.05, 0) is 49.2 Å². The molecule has 0 unspecified atom stereocenters. The highest BCUT2D eigenvalue weighted by Crippen LogP contribution is 2.12. The molecule has 0 radical (unpaired) electrons. The van der Waals surface area contributed by atoms with Crippen LogP contribution < -0.4 is 15.7 Å². The second kappa shape index (κ2) is 7.92. The van der Waals surface area contributed by atoms with Crippen LogP contribution in [0.2, 0.25) is 0 Å². The van der Waals surface area contributed by atoms with E-state index in [1.165, 1.54) is 24.3 Å². The molecule has 0 saturated heterocycles. The molecular formula is C19H17N2O4-. The van der Waals surface area contributed by atoms with Crippen LogP contribution in [0.1, 0.15) is 34.6 Å². The molecule has 0 aliphatic rings. The first-order valence-corrected chi connectivity index (χ1v) is 7.55. The Morgan fingerprint density at radius 3 is 1.96 bits per heavy atom. The third kappa shape index (κ3) is 4.78. The summed E-state index contributed by atoms with van der Waals surface area (Å²) in [7, 11) is 0. The summed E-state index contributed by atoms with van der Waals surface area (Å²) in [4.78, 5) is 35.4. The maximum Gasteiger partial charge on any atom is 0.272 e. The summed E-state index contributed by atoms with van der Waals surface area (Å²) in [6.07, 6.45) is 0. The Bertz CT molecular complexity index is 820. The first-order chi connectivity index (χ1) is 11.9. The second-order valence-corrected chi connectivity index (χ2v) is 5.51. The van der Waals surface area contributed by atoms with Crippen molar-refractivity contribution in [3.8, 4) is 0 Å². The van der Waals surface area contributed by atoms with E-state index in [9.17, 15) is 19.5 Å². The van der Waals surface area contributed by atoms with Crippen molar-refractivity contribution in [3.63, 3.8) is 0 Å². The lowest BCUT2D eigenvalue weighted by Gasteiger charge is -2.13. The molecule has 2 amide bonds. The van der Waals surface area contributed by atoms with E-state index >= 15 is 0 Å². The zero-order valence-corrected chi connectivity index (χ0v) is 13.8. The molecule has 0 spiro atoms. The van der Waals surface area contributed by atoms with Gasteiger partial charge < -0.3 is 20.5 Å². The number of carboxylic acid groups (broad SMARTS) is 1. The number of benzene rings is 2. The van der Waals surface area contributed by atoms with E-state index < -0.39 is 11.9 Å². The standard InChI is InChI=1S/C19H18N2O4/c1-12(2)16(21-17(22)13-6-4-3-5-7-13)18(23)20-15-10-8-14(9-11-15)19(24)25/h3-11H,1-2H3,(H,20,23)(H,21,22)(H,24,25)/p-1. The molecule has 0 atom stereocenters. The number of hydrogen-bond donors (Lipinski definition) is 2. The van der Waals surface area contributed by atoms with E-state index in [-0.39, 0.29) is 17.2 Å². The molecular weight excluding hydrogens is 320 g/mol. The van der Waals surface area contributed by atoms with E-state index in [1.807, 2.05) is 0 Å². The number of carbonyl (C=O) groups excluding carboxylic acids is 3. The van der Waals surface area contributed by atoms with Crippen LogP contribution in [0.4, 0.5) is 5.69 Å². The van der Waals surface area contributed by atoms with E-state index in [4.69, 9.17) is 0 Å². The molecule has 6 nitrogen and oxygen atoms in total. The highest BCUT2D eigenvalue weighted by Gasteiger charge is 2.16. The number of aromatic carboxylic acids is 1. The minimum absolute atomic E-state index is 0.0119. The minimum Gasteiger partial charge on any atom is -0.545 e. The van der Waals surface area contributed by atoms with Crippen molar-refractivity contribution in [2.24, 2.45) is 0 Å². The van der Waals surface area contributed by atoms with Gasteiger partial charge in [0.05, 0.1) is 5.97 Å². The van der Waals surface area contributed by atoms with Gasteiger partial charge in [0.15, 0.2) is 0 Å². The highest BCUT2D eigenvalue weighted by molar-refractivity contribution is 6.08. The van der Waals surface area contributed by atoms with Crippen molar-refractivity contribution in [1.82, 2.24) is 5.32 Å². The number of amides is 2. The topological polar surface area (TPSA) is 98.3 Å². The van der Waals surface area contributed by atoms with E-state index in [0.717, 1.165) is 0 Å². The fraction of sp³-hybridized carbons (Fsp3) is 0.105. The van der Waals surface area contributed by atoms with Gasteiger partial charge in [-0.25, -0.2) is 0 Å². The molecule has 2 aromatic carbocycles. The van der Waals surface area contributed by atoms with Gasteiger partial charge >= 0.3 is 0 Å². The molecule has 6 heteroatoms. The molecule has 0 aliphatic carbocycles. The number of anilines is 1. The lowest BCUT2D eigenvalue weighted by atomic mass is 10.1. The Morgan fingerprint density at radius 2 is 1.44 bits per heavy atom. The lowest BCUT2D eigenvalue weighted by Crippen LogP contribution is -2.31. The van der Waals surface area contributed by atoms with Gasteiger partial charge in [0, 0.05) is 11.3 Å². The predicted octanol–water partition coefficient (Wildman–Crippen LogP) is 1.71. The Labute approximate surface area is 145 Å². The predicted molar refractivity (Wildman–Crippen MR) is 91.7 cm³/mol. The normalized spacial score (nSPS) is 9.84. The number of carboxylic acids is 1. The summed E-state index contributed by atoms with van der Waals surface area (Å²) in [5.41, 5.74) is 1.62. The zero-order chi connectivity index (χ0) is 18.4. The quantitative estimate of drug-likeness (QED) is 0.812. The van der Waals surface area contributed by atoms with Crippen molar-refractivity contribution in [2.75, 3.05) is 5.32 Å². The molecule has 2 N–H and O–H groups in total. The van der Waals surface area contributed by atoms with Crippen LogP contribution in [0.15, 0.2) is 65.9 Å². The number of carbonyl (C=O) groups is 3. The van der Waals surface area contributed by atoms with Crippen LogP contribution in [0, 0.1) is 0 Å². The van der Waals surface area contributed by atoms with Gasteiger partial charge in [-0.2, -0.15) is 0 Å². The van der Waals surface area contributed by atoms with Gasteiger partial charge in [0.2, 0.25) is 0 Å². The molecule has 0 bridgehead atoms. The molecule has 2 aromatic rings. The van der Waals surface area contributed by atoms with Crippen LogP contribution in [-0.4, -0.2) is 17.8 Å². The third-order valence-electron chi connectivity index (χ3n) is 3.38. The van der Waals surface area contributed by atoms with E-state index in [2.05, 4.69) is 10.6 Å². The smallest absolute Gasteiger partial charge is 0.272 e. The molecule has 0 fully saturated rings. The zero-order valence-electron chi connectivity index (χ0n) is 13.8. The Hall–Kier alpha value is -3.41. The summed E-state index contributed by atoms with van der Waals surface area (Å²) < 4.78 is 0. The molecule has 25 heavy (non-hydrogen) atoms. The average molecular weight is 337 g/mol. The van der Waals surface area contributed by atoms with E-state index in [0.29, 0.717) is 16.8 Å². The molecule has 0 aliphatic heterocycles. The first-order valence-electron chi connectivity index (χ1n) is 7.55. The fourth-order valence-corrected chi connectivity index (χ4v) is 2.07. The average Bonchev–Trinajstić information content (AvgIpc) is 2.60.